The van der Waals surface area contributed by atoms with Crippen molar-refractivity contribution < 1.29 is 36.9 Å². The molecule has 0 heterocycles. The molecule has 10 heteroatoms. The van der Waals surface area contributed by atoms with Gasteiger partial charge in [0.05, 0.1) is 12.4 Å². The van der Waals surface area contributed by atoms with Gasteiger partial charge in [0.15, 0.2) is 0 Å². The lowest BCUT2D eigenvalue weighted by molar-refractivity contribution is -0.169. The maximum atomic E-state index is 13.9. The van der Waals surface area contributed by atoms with Crippen molar-refractivity contribution in [3.8, 4) is 0 Å². The number of esters is 1. The Labute approximate surface area is 219 Å². The molecular weight excluding hydrogens is 498 g/mol. The maximum absolute atomic E-state index is 13.9. The highest BCUT2D eigenvalue weighted by atomic mass is 32.2. The van der Waals surface area contributed by atoms with E-state index in [0.29, 0.717) is 51.4 Å². The Kier molecular flexibility index (Phi) is 7.53. The smallest absolute Gasteiger partial charge is 0.305 e. The summed E-state index contributed by atoms with van der Waals surface area (Å²) >= 11 is 0. The monoisotopic (exact) mass is 539 g/mol. The molecule has 4 aliphatic carbocycles. The average molecular weight is 540 g/mol. The molecule has 9 nitrogen and oxygen atoms in total. The van der Waals surface area contributed by atoms with Crippen LogP contribution < -0.4 is 5.73 Å². The lowest BCUT2D eigenvalue weighted by Gasteiger charge is -2.62. The van der Waals surface area contributed by atoms with E-state index in [1.165, 1.54) is 0 Å². The molecule has 37 heavy (non-hydrogen) atoms. The fraction of sp³-hybridized carbons (Fsp3) is 0.852. The predicted octanol–water partition coefficient (Wildman–Crippen LogP) is 2.89. The lowest BCUT2D eigenvalue weighted by Crippen LogP contribution is -2.71. The first kappa shape index (κ1) is 28.4. The number of ketones is 3. The maximum Gasteiger partial charge on any atom is 0.305 e. The quantitative estimate of drug-likeness (QED) is 0.269. The summed E-state index contributed by atoms with van der Waals surface area (Å²) in [6.07, 6.45) is 4.22. The molecule has 0 aromatic rings. The van der Waals surface area contributed by atoms with E-state index in [0.717, 1.165) is 0 Å². The number of rotatable bonds is 8. The van der Waals surface area contributed by atoms with Crippen molar-refractivity contribution in [2.24, 2.45) is 46.2 Å². The molecule has 4 rings (SSSR count). The highest BCUT2D eigenvalue weighted by Gasteiger charge is 2.71. The van der Waals surface area contributed by atoms with E-state index in [1.54, 1.807) is 0 Å². The van der Waals surface area contributed by atoms with Gasteiger partial charge in [-0.3, -0.25) is 23.7 Å². The minimum absolute atomic E-state index is 0.00405. The number of carbonyl (C=O) groups excluding carboxylic acids is 4. The Hall–Kier alpha value is -1.65. The van der Waals surface area contributed by atoms with E-state index in [1.807, 2.05) is 13.8 Å². The van der Waals surface area contributed by atoms with Crippen LogP contribution in [0.2, 0.25) is 0 Å². The van der Waals surface area contributed by atoms with Crippen LogP contribution in [0.15, 0.2) is 0 Å². The largest absolute Gasteiger partial charge is 0.466 e. The highest BCUT2D eigenvalue weighted by Crippen LogP contribution is 2.67. The zero-order valence-corrected chi connectivity index (χ0v) is 23.0. The van der Waals surface area contributed by atoms with Gasteiger partial charge in [-0.2, -0.15) is 8.42 Å². The van der Waals surface area contributed by atoms with Crippen molar-refractivity contribution in [1.29, 1.82) is 0 Å². The zero-order chi connectivity index (χ0) is 27.4. The highest BCUT2D eigenvalue weighted by molar-refractivity contribution is 7.85. The van der Waals surface area contributed by atoms with Crippen LogP contribution in [0.25, 0.3) is 0 Å². The second-order valence-electron chi connectivity index (χ2n) is 12.6. The van der Waals surface area contributed by atoms with Gasteiger partial charge >= 0.3 is 5.97 Å². The van der Waals surface area contributed by atoms with Gasteiger partial charge in [0.2, 0.25) is 0 Å². The van der Waals surface area contributed by atoms with Crippen molar-refractivity contribution >= 4 is 33.4 Å². The Morgan fingerprint density at radius 3 is 2.54 bits per heavy atom. The molecule has 8 atom stereocenters. The third kappa shape index (κ3) is 4.82. The number of ether oxygens (including phenoxy) is 1. The number of Topliss-reactive ketones (excluding diaryl/α,β-unsaturated/α-hetero) is 3. The fourth-order valence-electron chi connectivity index (χ4n) is 8.53. The summed E-state index contributed by atoms with van der Waals surface area (Å²) in [7, 11) is -4.09. The Morgan fingerprint density at radius 2 is 1.86 bits per heavy atom. The summed E-state index contributed by atoms with van der Waals surface area (Å²) in [5.41, 5.74) is 5.13. The van der Waals surface area contributed by atoms with Crippen LogP contribution in [0.5, 0.6) is 0 Å². The van der Waals surface area contributed by atoms with E-state index in [2.05, 4.69) is 6.92 Å². The van der Waals surface area contributed by atoms with E-state index >= 15 is 0 Å². The molecule has 0 aromatic heterocycles. The first-order chi connectivity index (χ1) is 17.1. The number of nitrogens with two attached hydrogens (primary N) is 1. The van der Waals surface area contributed by atoms with Crippen LogP contribution in [-0.2, 0) is 34.0 Å². The third-order valence-electron chi connectivity index (χ3n) is 10.8. The second kappa shape index (κ2) is 9.83. The van der Waals surface area contributed by atoms with E-state index in [-0.39, 0.29) is 65.9 Å². The summed E-state index contributed by atoms with van der Waals surface area (Å²) < 4.78 is 35.4. The van der Waals surface area contributed by atoms with Crippen molar-refractivity contribution in [3.05, 3.63) is 0 Å². The molecule has 4 aliphatic rings. The van der Waals surface area contributed by atoms with E-state index in [9.17, 15) is 27.6 Å². The molecule has 4 fully saturated rings. The van der Waals surface area contributed by atoms with Gasteiger partial charge in [0.25, 0.3) is 10.1 Å². The van der Waals surface area contributed by atoms with Crippen molar-refractivity contribution in [2.45, 2.75) is 90.5 Å². The standard InChI is InChI=1S/C27H41NO8S/c1-16(5-6-23(32)36-11-4-12-37(33,34)35)19-8-10-27(28)24-20(15-22(31)26(19,27)3)25(2)9-7-18(29)13-17(25)14-21(24)30/h16-17,19-20,24H,4-15,28H2,1-3H3,(H,33,34,35)/t16-,17?,19-,20+,24+,25+,26+,27-/m1/s1. The topological polar surface area (TPSA) is 158 Å². The van der Waals surface area contributed by atoms with Crippen molar-refractivity contribution in [2.75, 3.05) is 12.4 Å². The summed E-state index contributed by atoms with van der Waals surface area (Å²) in [6, 6.07) is 0. The molecule has 0 bridgehead atoms. The van der Waals surface area contributed by atoms with Crippen LogP contribution in [0, 0.1) is 40.4 Å². The van der Waals surface area contributed by atoms with Crippen molar-refractivity contribution in [1.82, 2.24) is 0 Å². The van der Waals surface area contributed by atoms with Crippen LogP contribution in [0.3, 0.4) is 0 Å². The molecule has 208 valence electrons. The fourth-order valence-corrected chi connectivity index (χ4v) is 9.02. The molecule has 1 unspecified atom stereocenters. The summed E-state index contributed by atoms with van der Waals surface area (Å²) in [5.74, 6) is -1.12. The normalized spacial score (nSPS) is 40.5. The molecule has 0 spiro atoms. The average Bonchev–Trinajstić information content (AvgIpc) is 3.09. The van der Waals surface area contributed by atoms with Gasteiger partial charge in [0, 0.05) is 49.0 Å². The van der Waals surface area contributed by atoms with Gasteiger partial charge in [-0.1, -0.05) is 20.8 Å². The van der Waals surface area contributed by atoms with Crippen LogP contribution in [0.4, 0.5) is 0 Å². The molecule has 0 radical (unpaired) electrons. The summed E-state index contributed by atoms with van der Waals surface area (Å²) in [4.78, 5) is 51.9. The number of hydrogen-bond donors (Lipinski definition) is 2. The Balaban J connectivity index is 1.46. The molecule has 0 aliphatic heterocycles. The molecule has 0 saturated heterocycles. The van der Waals surface area contributed by atoms with Gasteiger partial charge in [-0.15, -0.1) is 0 Å². The van der Waals surface area contributed by atoms with E-state index in [4.69, 9.17) is 15.0 Å². The first-order valence-corrected chi connectivity index (χ1v) is 15.2. The molecule has 0 aromatic carbocycles. The Bertz CT molecular complexity index is 1090. The second-order valence-corrected chi connectivity index (χ2v) is 14.2. The number of fused-ring (bicyclic) bond motifs is 5. The number of hydrogen-bond acceptors (Lipinski definition) is 8. The minimum atomic E-state index is -4.09. The molecular formula is C27H41NO8S. The zero-order valence-electron chi connectivity index (χ0n) is 22.2. The lowest BCUT2D eigenvalue weighted by atomic mass is 9.41. The number of carbonyl (C=O) groups is 4. The van der Waals surface area contributed by atoms with Gasteiger partial charge in [-0.25, -0.2) is 0 Å². The van der Waals surface area contributed by atoms with Crippen LogP contribution in [0.1, 0.15) is 85.0 Å². The van der Waals surface area contributed by atoms with Crippen LogP contribution >= 0.6 is 0 Å². The Morgan fingerprint density at radius 1 is 1.16 bits per heavy atom. The predicted molar refractivity (Wildman–Crippen MR) is 135 cm³/mol. The van der Waals surface area contributed by atoms with E-state index < -0.39 is 38.7 Å². The summed E-state index contributed by atoms with van der Waals surface area (Å²) in [5, 5.41) is 0. The van der Waals surface area contributed by atoms with Crippen molar-refractivity contribution in [3.63, 3.8) is 0 Å². The van der Waals surface area contributed by atoms with Crippen LogP contribution in [-0.4, -0.2) is 54.2 Å². The minimum Gasteiger partial charge on any atom is -0.466 e. The van der Waals surface area contributed by atoms with Gasteiger partial charge in [-0.05, 0) is 61.2 Å². The first-order valence-electron chi connectivity index (χ1n) is 13.6. The molecule has 0 amide bonds. The van der Waals surface area contributed by atoms with Gasteiger partial charge < -0.3 is 10.5 Å². The summed E-state index contributed by atoms with van der Waals surface area (Å²) in [6.45, 7) is 6.01. The third-order valence-corrected chi connectivity index (χ3v) is 11.6. The SMILES string of the molecule is C[C@H](CCC(=O)OCCCS(=O)(=O)O)[C@H]1CC[C@@]2(N)[C@@H]3C(=O)CC4CC(=O)CC[C@]4(C)[C@H]3CC(=O)[C@]12C. The molecule has 4 saturated carbocycles. The van der Waals surface area contributed by atoms with Gasteiger partial charge in [0.1, 0.15) is 17.3 Å². The molecule has 3 N–H and O–H groups in total.